The van der Waals surface area contributed by atoms with Crippen LogP contribution in [0, 0.1) is 5.92 Å². The van der Waals surface area contributed by atoms with Crippen LogP contribution in [0.15, 0.2) is 17.2 Å². The molecule has 0 aliphatic heterocycles. The van der Waals surface area contributed by atoms with Crippen molar-refractivity contribution in [2.75, 3.05) is 0 Å². The molecule has 0 aliphatic carbocycles. The summed E-state index contributed by atoms with van der Waals surface area (Å²) in [7, 11) is 0. The predicted molar refractivity (Wildman–Crippen MR) is 207 cm³/mol. The van der Waals surface area contributed by atoms with Gasteiger partial charge in [-0.25, -0.2) is 4.98 Å². The van der Waals surface area contributed by atoms with Gasteiger partial charge >= 0.3 is 0 Å². The van der Waals surface area contributed by atoms with Crippen LogP contribution < -0.4 is 21.3 Å². The zero-order chi connectivity index (χ0) is 39.9. The second-order valence-corrected chi connectivity index (χ2v) is 15.0. The maximum atomic E-state index is 13.1. The van der Waals surface area contributed by atoms with Crippen LogP contribution in [0.2, 0.25) is 0 Å². The first-order valence-corrected chi connectivity index (χ1v) is 20.2. The third-order valence-electron chi connectivity index (χ3n) is 9.29. The van der Waals surface area contributed by atoms with E-state index in [-0.39, 0.29) is 17.2 Å². The highest BCUT2D eigenvalue weighted by Crippen LogP contribution is 2.19. The molecule has 14 heteroatoms. The van der Waals surface area contributed by atoms with Crippen LogP contribution in [-0.2, 0) is 24.0 Å². The van der Waals surface area contributed by atoms with Gasteiger partial charge in [0.15, 0.2) is 5.78 Å². The third-order valence-corrected chi connectivity index (χ3v) is 10.3. The monoisotopic (exact) mass is 763 g/mol. The maximum absolute atomic E-state index is 13.1. The molecule has 1 rings (SSSR count). The molecule has 0 saturated heterocycles. The van der Waals surface area contributed by atoms with Crippen LogP contribution in [0.4, 0.5) is 0 Å². The Kier molecular flexibility index (Phi) is 23.6. The number of ketones is 2. The van der Waals surface area contributed by atoms with Crippen LogP contribution in [0.3, 0.4) is 0 Å². The Hall–Kier alpha value is -3.49. The van der Waals surface area contributed by atoms with Crippen molar-refractivity contribution in [3.05, 3.63) is 27.9 Å². The van der Waals surface area contributed by atoms with Crippen LogP contribution >= 0.6 is 11.3 Å². The average Bonchev–Trinajstić information content (AvgIpc) is 3.62. The fourth-order valence-corrected chi connectivity index (χ4v) is 6.28. The summed E-state index contributed by atoms with van der Waals surface area (Å²) in [5.41, 5.74) is -0.0173. The minimum absolute atomic E-state index is 0.103. The molecule has 0 bridgehead atoms. The number of unbranched alkanes of at least 4 members (excludes halogenated alkanes) is 10. The molecule has 53 heavy (non-hydrogen) atoms. The van der Waals surface area contributed by atoms with Crippen LogP contribution in [-0.4, -0.2) is 74.7 Å². The van der Waals surface area contributed by atoms with E-state index in [0.717, 1.165) is 75.5 Å². The number of allylic oxidation sites excluding steroid dienone is 1. The highest BCUT2D eigenvalue weighted by Gasteiger charge is 2.31. The SMILES string of the molecule is C/C=C(\NC(=O)C(NC(=O)C(C)C(O)CCCCCCCCCCCCC(=O)CCCC)C(C)O)C(=O)NC(C)c1nc(C(=O)NC(C)C(C)=O)cs1. The van der Waals surface area contributed by atoms with Crippen molar-refractivity contribution in [1.29, 1.82) is 0 Å². The van der Waals surface area contributed by atoms with E-state index < -0.39 is 59.9 Å². The van der Waals surface area contributed by atoms with Gasteiger partial charge in [0.1, 0.15) is 28.2 Å². The van der Waals surface area contributed by atoms with Gasteiger partial charge < -0.3 is 31.5 Å². The lowest BCUT2D eigenvalue weighted by Gasteiger charge is -2.25. The number of nitrogens with one attached hydrogen (secondary N) is 4. The van der Waals surface area contributed by atoms with Gasteiger partial charge in [0.2, 0.25) is 11.8 Å². The predicted octanol–water partition coefficient (Wildman–Crippen LogP) is 5.35. The Morgan fingerprint density at radius 3 is 1.91 bits per heavy atom. The molecule has 0 spiro atoms. The molecular weight excluding hydrogens is 699 g/mol. The Balaban J connectivity index is 2.46. The summed E-state index contributed by atoms with van der Waals surface area (Å²) in [6, 6.07) is -2.69. The number of aliphatic hydroxyl groups excluding tert-OH is 2. The van der Waals surface area contributed by atoms with Crippen molar-refractivity contribution in [2.45, 2.75) is 175 Å². The van der Waals surface area contributed by atoms with E-state index in [0.29, 0.717) is 23.6 Å². The topological polar surface area (TPSA) is 204 Å². The molecule has 0 aliphatic rings. The molecule has 0 aromatic carbocycles. The van der Waals surface area contributed by atoms with Gasteiger partial charge in [-0.1, -0.05) is 84.1 Å². The van der Waals surface area contributed by atoms with Crippen molar-refractivity contribution in [1.82, 2.24) is 26.3 Å². The minimum atomic E-state index is -1.39. The second-order valence-electron chi connectivity index (χ2n) is 14.1. The largest absolute Gasteiger partial charge is 0.392 e. The standard InChI is InChI=1S/C39H65N5O8S/c1-8-10-21-30(47)22-19-17-15-13-11-12-14-16-18-20-23-33(48)25(3)35(49)44-34(29(7)46)38(52)42-31(9-2)36(50)41-27(5)39-43-32(24-53-39)37(51)40-26(4)28(6)45/h9,24-27,29,33-34,46,48H,8,10-23H2,1-7H3,(H,40,51)(H,41,50)(H,42,52)(H,44,49)/b31-9-. The first kappa shape index (κ1) is 47.5. The fraction of sp³-hybridized carbons (Fsp3) is 0.718. The summed E-state index contributed by atoms with van der Waals surface area (Å²) >= 11 is 1.14. The number of aliphatic hydroxyl groups is 2. The zero-order valence-corrected chi connectivity index (χ0v) is 33.7. The lowest BCUT2D eigenvalue weighted by Crippen LogP contribution is -2.55. The molecule has 1 aromatic rings. The van der Waals surface area contributed by atoms with E-state index in [1.807, 2.05) is 0 Å². The van der Waals surface area contributed by atoms with Crippen LogP contribution in [0.5, 0.6) is 0 Å². The van der Waals surface area contributed by atoms with Gasteiger partial charge in [-0.2, -0.15) is 0 Å². The molecule has 4 amide bonds. The van der Waals surface area contributed by atoms with Crippen molar-refractivity contribution in [3.8, 4) is 0 Å². The zero-order valence-electron chi connectivity index (χ0n) is 32.9. The number of carbonyl (C=O) groups is 6. The van der Waals surface area contributed by atoms with E-state index in [1.54, 1.807) is 27.7 Å². The molecule has 0 saturated carbocycles. The molecule has 0 fully saturated rings. The number of thiazole rings is 1. The van der Waals surface area contributed by atoms with E-state index in [9.17, 15) is 39.0 Å². The number of nitrogens with zero attached hydrogens (tertiary/aromatic N) is 1. The van der Waals surface area contributed by atoms with Crippen molar-refractivity contribution >= 4 is 46.5 Å². The number of hydrogen-bond acceptors (Lipinski definition) is 10. The van der Waals surface area contributed by atoms with E-state index in [1.165, 1.54) is 44.6 Å². The Morgan fingerprint density at radius 1 is 0.792 bits per heavy atom. The molecule has 1 aromatic heterocycles. The van der Waals surface area contributed by atoms with E-state index in [4.69, 9.17) is 0 Å². The maximum Gasteiger partial charge on any atom is 0.271 e. The number of Topliss-reactive ketones (excluding diaryl/α,β-unsaturated/α-hetero) is 2. The van der Waals surface area contributed by atoms with E-state index >= 15 is 0 Å². The number of aromatic nitrogens is 1. The molecule has 13 nitrogen and oxygen atoms in total. The molecular formula is C39H65N5O8S. The molecule has 6 atom stereocenters. The molecule has 1 heterocycles. The Morgan fingerprint density at radius 2 is 1.36 bits per heavy atom. The third kappa shape index (κ3) is 18.9. The van der Waals surface area contributed by atoms with Crippen molar-refractivity contribution in [2.24, 2.45) is 5.92 Å². The normalized spacial score (nSPS) is 15.0. The van der Waals surface area contributed by atoms with Gasteiger partial charge in [-0.3, -0.25) is 28.8 Å². The second kappa shape index (κ2) is 26.3. The summed E-state index contributed by atoms with van der Waals surface area (Å²) in [5, 5.41) is 33.2. The quantitative estimate of drug-likeness (QED) is 0.0480. The Labute approximate surface area is 319 Å². The van der Waals surface area contributed by atoms with Gasteiger partial charge in [0.25, 0.3) is 11.8 Å². The van der Waals surface area contributed by atoms with Gasteiger partial charge in [-0.05, 0) is 53.9 Å². The highest BCUT2D eigenvalue weighted by molar-refractivity contribution is 7.09. The smallest absolute Gasteiger partial charge is 0.271 e. The summed E-state index contributed by atoms with van der Waals surface area (Å²) in [5.74, 6) is -3.20. The van der Waals surface area contributed by atoms with E-state index in [2.05, 4.69) is 33.2 Å². The number of amides is 4. The Bertz CT molecular complexity index is 1350. The first-order valence-electron chi connectivity index (χ1n) is 19.4. The lowest BCUT2D eigenvalue weighted by atomic mass is 9.96. The van der Waals surface area contributed by atoms with Gasteiger partial charge in [0.05, 0.1) is 30.2 Å². The highest BCUT2D eigenvalue weighted by atomic mass is 32.1. The van der Waals surface area contributed by atoms with Crippen molar-refractivity contribution < 1.29 is 39.0 Å². The first-order chi connectivity index (χ1) is 25.1. The summed E-state index contributed by atoms with van der Waals surface area (Å²) in [4.78, 5) is 79.0. The van der Waals surface area contributed by atoms with Gasteiger partial charge in [0, 0.05) is 18.2 Å². The van der Waals surface area contributed by atoms with Crippen LogP contribution in [0.1, 0.15) is 166 Å². The molecule has 6 unspecified atom stereocenters. The summed E-state index contributed by atoms with van der Waals surface area (Å²) < 4.78 is 0. The fourth-order valence-electron chi connectivity index (χ4n) is 5.47. The minimum Gasteiger partial charge on any atom is -0.392 e. The lowest BCUT2D eigenvalue weighted by molar-refractivity contribution is -0.135. The van der Waals surface area contributed by atoms with Gasteiger partial charge in [-0.15, -0.1) is 11.3 Å². The average molecular weight is 764 g/mol. The molecule has 300 valence electrons. The molecule has 6 N–H and O–H groups in total. The van der Waals surface area contributed by atoms with Crippen molar-refractivity contribution in [3.63, 3.8) is 0 Å². The summed E-state index contributed by atoms with van der Waals surface area (Å²) in [6.07, 6.45) is 13.7. The number of carbonyl (C=O) groups excluding carboxylic acids is 6. The number of rotatable bonds is 28. The number of hydrogen-bond donors (Lipinski definition) is 6. The van der Waals surface area contributed by atoms with Crippen LogP contribution in [0.25, 0.3) is 0 Å². The molecule has 0 radical (unpaired) electrons. The summed E-state index contributed by atoms with van der Waals surface area (Å²) in [6.45, 7) is 11.1.